The van der Waals surface area contributed by atoms with Gasteiger partial charge in [-0.3, -0.25) is 9.48 Å². The third-order valence-corrected chi connectivity index (χ3v) is 3.03. The lowest BCUT2D eigenvalue weighted by molar-refractivity contribution is 0.102. The molecule has 0 radical (unpaired) electrons. The molecule has 6 heteroatoms. The van der Waals surface area contributed by atoms with Crippen LogP contribution in [0.3, 0.4) is 0 Å². The van der Waals surface area contributed by atoms with E-state index in [1.54, 1.807) is 42.3 Å². The van der Waals surface area contributed by atoms with Gasteiger partial charge in [-0.25, -0.2) is 0 Å². The normalized spacial score (nSPS) is 10.3. The molecule has 1 heterocycles. The summed E-state index contributed by atoms with van der Waals surface area (Å²) in [4.78, 5) is 11.9. The summed E-state index contributed by atoms with van der Waals surface area (Å²) in [5, 5.41) is 7.29. The van der Waals surface area contributed by atoms with Gasteiger partial charge in [0.2, 0.25) is 0 Å². The van der Waals surface area contributed by atoms with Crippen LogP contribution < -0.4 is 5.32 Å². The number of anilines is 1. The van der Waals surface area contributed by atoms with Crippen molar-refractivity contribution in [2.24, 2.45) is 7.05 Å². The molecule has 0 bridgehead atoms. The number of halogens is 2. The SMILES string of the molecule is Cn1cc(NC(=O)c2ccc(Cl)cc2Br)cn1. The maximum Gasteiger partial charge on any atom is 0.256 e. The highest BCUT2D eigenvalue weighted by atomic mass is 79.9. The molecule has 0 unspecified atom stereocenters. The Bertz CT molecular complexity index is 568. The van der Waals surface area contributed by atoms with Crippen molar-refractivity contribution in [3.05, 3.63) is 45.7 Å². The van der Waals surface area contributed by atoms with Crippen LogP contribution in [0.2, 0.25) is 5.02 Å². The fraction of sp³-hybridized carbons (Fsp3) is 0.0909. The smallest absolute Gasteiger partial charge is 0.256 e. The van der Waals surface area contributed by atoms with Crippen LogP contribution in [0.15, 0.2) is 35.1 Å². The predicted molar refractivity (Wildman–Crippen MR) is 70.3 cm³/mol. The number of hydrogen-bond donors (Lipinski definition) is 1. The molecular weight excluding hydrogens is 305 g/mol. The molecule has 0 saturated carbocycles. The van der Waals surface area contributed by atoms with E-state index in [2.05, 4.69) is 26.3 Å². The summed E-state index contributed by atoms with van der Waals surface area (Å²) < 4.78 is 2.28. The first-order chi connectivity index (χ1) is 8.06. The van der Waals surface area contributed by atoms with Crippen molar-refractivity contribution >= 4 is 39.1 Å². The minimum atomic E-state index is -0.207. The van der Waals surface area contributed by atoms with Gasteiger partial charge in [0, 0.05) is 22.7 Å². The molecule has 0 saturated heterocycles. The van der Waals surface area contributed by atoms with Gasteiger partial charge in [0.1, 0.15) is 0 Å². The van der Waals surface area contributed by atoms with Crippen LogP contribution in [-0.4, -0.2) is 15.7 Å². The minimum absolute atomic E-state index is 0.207. The van der Waals surface area contributed by atoms with Crippen LogP contribution >= 0.6 is 27.5 Å². The number of aryl methyl sites for hydroxylation is 1. The second-order valence-electron chi connectivity index (χ2n) is 3.48. The molecule has 0 atom stereocenters. The fourth-order valence-electron chi connectivity index (χ4n) is 1.36. The van der Waals surface area contributed by atoms with E-state index in [0.29, 0.717) is 20.7 Å². The first kappa shape index (κ1) is 12.1. The molecule has 1 aromatic heterocycles. The average Bonchev–Trinajstić information content (AvgIpc) is 2.63. The Morgan fingerprint density at radius 3 is 2.88 bits per heavy atom. The first-order valence-corrected chi connectivity index (χ1v) is 5.98. The van der Waals surface area contributed by atoms with Gasteiger partial charge < -0.3 is 5.32 Å². The van der Waals surface area contributed by atoms with Crippen molar-refractivity contribution in [3.8, 4) is 0 Å². The Labute approximate surface area is 112 Å². The Hall–Kier alpha value is -1.33. The Kier molecular flexibility index (Phi) is 3.49. The van der Waals surface area contributed by atoms with Crippen molar-refractivity contribution < 1.29 is 4.79 Å². The third-order valence-electron chi connectivity index (χ3n) is 2.14. The summed E-state index contributed by atoms with van der Waals surface area (Å²) in [6.45, 7) is 0. The van der Waals surface area contributed by atoms with Crippen LogP contribution in [0.1, 0.15) is 10.4 Å². The Morgan fingerprint density at radius 2 is 2.29 bits per heavy atom. The maximum atomic E-state index is 11.9. The highest BCUT2D eigenvalue weighted by molar-refractivity contribution is 9.10. The molecule has 0 aliphatic heterocycles. The van der Waals surface area contributed by atoms with Crippen LogP contribution in [0.5, 0.6) is 0 Å². The zero-order valence-corrected chi connectivity index (χ0v) is 11.3. The van der Waals surface area contributed by atoms with E-state index in [4.69, 9.17) is 11.6 Å². The van der Waals surface area contributed by atoms with Crippen molar-refractivity contribution in [1.29, 1.82) is 0 Å². The number of aromatic nitrogens is 2. The van der Waals surface area contributed by atoms with Crippen LogP contribution in [0, 0.1) is 0 Å². The second-order valence-corrected chi connectivity index (χ2v) is 4.77. The van der Waals surface area contributed by atoms with Gasteiger partial charge in [0.05, 0.1) is 17.4 Å². The van der Waals surface area contributed by atoms with E-state index in [1.807, 2.05) is 0 Å². The molecule has 1 amide bonds. The van der Waals surface area contributed by atoms with Gasteiger partial charge in [-0.1, -0.05) is 11.6 Å². The number of rotatable bonds is 2. The minimum Gasteiger partial charge on any atom is -0.319 e. The maximum absolute atomic E-state index is 11.9. The van der Waals surface area contributed by atoms with Crippen molar-refractivity contribution in [2.45, 2.75) is 0 Å². The van der Waals surface area contributed by atoms with E-state index in [9.17, 15) is 4.79 Å². The molecule has 0 aliphatic rings. The molecule has 0 aliphatic carbocycles. The molecule has 0 spiro atoms. The van der Waals surface area contributed by atoms with Gasteiger partial charge >= 0.3 is 0 Å². The molecule has 0 fully saturated rings. The summed E-state index contributed by atoms with van der Waals surface area (Å²) in [7, 11) is 1.79. The summed E-state index contributed by atoms with van der Waals surface area (Å²) >= 11 is 9.11. The van der Waals surface area contributed by atoms with Gasteiger partial charge in [0.15, 0.2) is 0 Å². The predicted octanol–water partition coefficient (Wildman–Crippen LogP) is 3.09. The Balaban J connectivity index is 2.20. The lowest BCUT2D eigenvalue weighted by Crippen LogP contribution is -2.12. The summed E-state index contributed by atoms with van der Waals surface area (Å²) in [6, 6.07) is 5.02. The number of amides is 1. The Morgan fingerprint density at radius 1 is 1.53 bits per heavy atom. The van der Waals surface area contributed by atoms with Crippen LogP contribution in [0.25, 0.3) is 0 Å². The molecule has 88 valence electrons. The van der Waals surface area contributed by atoms with Crippen LogP contribution in [-0.2, 0) is 7.05 Å². The van der Waals surface area contributed by atoms with E-state index < -0.39 is 0 Å². The summed E-state index contributed by atoms with van der Waals surface area (Å²) in [5.74, 6) is -0.207. The van der Waals surface area contributed by atoms with Crippen molar-refractivity contribution in [2.75, 3.05) is 5.32 Å². The molecule has 17 heavy (non-hydrogen) atoms. The topological polar surface area (TPSA) is 46.9 Å². The molecule has 1 N–H and O–H groups in total. The van der Waals surface area contributed by atoms with E-state index in [1.165, 1.54) is 0 Å². The number of hydrogen-bond acceptors (Lipinski definition) is 2. The fourth-order valence-corrected chi connectivity index (χ4v) is 2.22. The quantitative estimate of drug-likeness (QED) is 0.926. The van der Waals surface area contributed by atoms with E-state index in [-0.39, 0.29) is 5.91 Å². The highest BCUT2D eigenvalue weighted by Gasteiger charge is 2.11. The van der Waals surface area contributed by atoms with Crippen molar-refractivity contribution in [3.63, 3.8) is 0 Å². The lowest BCUT2D eigenvalue weighted by atomic mass is 10.2. The largest absolute Gasteiger partial charge is 0.319 e. The number of benzene rings is 1. The van der Waals surface area contributed by atoms with E-state index >= 15 is 0 Å². The zero-order chi connectivity index (χ0) is 12.4. The van der Waals surface area contributed by atoms with Gasteiger partial charge in [-0.2, -0.15) is 5.10 Å². The highest BCUT2D eigenvalue weighted by Crippen LogP contribution is 2.22. The van der Waals surface area contributed by atoms with Gasteiger partial charge in [-0.05, 0) is 34.1 Å². The average molecular weight is 315 g/mol. The van der Waals surface area contributed by atoms with E-state index in [0.717, 1.165) is 0 Å². The standard InChI is InChI=1S/C11H9BrClN3O/c1-16-6-8(5-14-16)15-11(17)9-3-2-7(13)4-10(9)12/h2-6H,1H3,(H,15,17). The molecule has 2 aromatic rings. The zero-order valence-electron chi connectivity index (χ0n) is 8.95. The number of carbonyl (C=O) groups excluding carboxylic acids is 1. The third kappa shape index (κ3) is 2.87. The van der Waals surface area contributed by atoms with Crippen molar-refractivity contribution in [1.82, 2.24) is 9.78 Å². The van der Waals surface area contributed by atoms with Gasteiger partial charge in [0.25, 0.3) is 5.91 Å². The van der Waals surface area contributed by atoms with Gasteiger partial charge in [-0.15, -0.1) is 0 Å². The molecular formula is C11H9BrClN3O. The monoisotopic (exact) mass is 313 g/mol. The number of nitrogens with zero attached hydrogens (tertiary/aromatic N) is 2. The van der Waals surface area contributed by atoms with Crippen LogP contribution in [0.4, 0.5) is 5.69 Å². The summed E-state index contributed by atoms with van der Waals surface area (Å²) in [6.07, 6.45) is 3.31. The number of carbonyl (C=O) groups is 1. The molecule has 2 rings (SSSR count). The molecule has 4 nitrogen and oxygen atoms in total. The summed E-state index contributed by atoms with van der Waals surface area (Å²) in [5.41, 5.74) is 1.18. The lowest BCUT2D eigenvalue weighted by Gasteiger charge is -2.04. The number of nitrogens with one attached hydrogen (secondary N) is 1. The molecule has 1 aromatic carbocycles. The second kappa shape index (κ2) is 4.89. The first-order valence-electron chi connectivity index (χ1n) is 4.81.